The Morgan fingerprint density at radius 1 is 1.19 bits per heavy atom. The van der Waals surface area contributed by atoms with Crippen molar-refractivity contribution in [1.29, 1.82) is 0 Å². The molecule has 8 heteroatoms. The van der Waals surface area contributed by atoms with E-state index < -0.39 is 5.54 Å². The molecule has 1 aromatic carbocycles. The zero-order valence-electron chi connectivity index (χ0n) is 14.7. The van der Waals surface area contributed by atoms with Crippen LogP contribution in [-0.4, -0.2) is 15.3 Å². The number of ether oxygens (including phenoxy) is 1. The van der Waals surface area contributed by atoms with Crippen molar-refractivity contribution in [2.45, 2.75) is 45.3 Å². The largest absolute Gasteiger partial charge is 0.489 e. The predicted molar refractivity (Wildman–Crippen MR) is 97.0 cm³/mol. The molecule has 4 rings (SSSR count). The number of nitrogens with zero attached hydrogens (tertiary/aromatic N) is 3. The van der Waals surface area contributed by atoms with Gasteiger partial charge in [0.2, 0.25) is 0 Å². The molecular weight excluding hydrogens is 356 g/mol. The van der Waals surface area contributed by atoms with Gasteiger partial charge in [-0.25, -0.2) is 0 Å². The van der Waals surface area contributed by atoms with Gasteiger partial charge in [0, 0.05) is 5.56 Å². The molecule has 138 valence electrons. The first-order chi connectivity index (χ1) is 12.0. The minimum atomic E-state index is -0.431. The van der Waals surface area contributed by atoms with E-state index in [1.54, 1.807) is 0 Å². The van der Waals surface area contributed by atoms with Crippen LogP contribution >= 0.6 is 12.4 Å². The first kappa shape index (κ1) is 18.4. The van der Waals surface area contributed by atoms with Crippen molar-refractivity contribution >= 4 is 12.4 Å². The normalized spacial score (nSPS) is 15.2. The highest BCUT2D eigenvalue weighted by Crippen LogP contribution is 2.37. The van der Waals surface area contributed by atoms with Crippen molar-refractivity contribution in [3.63, 3.8) is 0 Å². The van der Waals surface area contributed by atoms with Crippen molar-refractivity contribution in [2.24, 2.45) is 5.73 Å². The van der Waals surface area contributed by atoms with Crippen LogP contribution in [0.15, 0.2) is 33.3 Å². The van der Waals surface area contributed by atoms with E-state index in [9.17, 15) is 0 Å². The summed E-state index contributed by atoms with van der Waals surface area (Å²) in [6.45, 7) is 4.17. The first-order valence-electron chi connectivity index (χ1n) is 8.33. The van der Waals surface area contributed by atoms with E-state index >= 15 is 0 Å². The smallest absolute Gasteiger partial charge is 0.258 e. The number of benzene rings is 1. The van der Waals surface area contributed by atoms with Crippen LogP contribution < -0.4 is 10.5 Å². The Kier molecular flexibility index (Phi) is 5.02. The Morgan fingerprint density at radius 2 is 2.00 bits per heavy atom. The molecule has 3 aromatic rings. The van der Waals surface area contributed by atoms with Gasteiger partial charge in [-0.3, -0.25) is 0 Å². The molecule has 0 spiro atoms. The first-order valence-corrected chi connectivity index (χ1v) is 8.33. The number of rotatable bonds is 5. The predicted octanol–water partition coefficient (Wildman–Crippen LogP) is 3.68. The standard InChI is InChI=1S/C18H20N4O3.ClH/c1-11-15(12(2)24-21-11)10-23-14-6-3-5-13(9-14)16-20-17(22-25-16)18(19)7-4-8-18;/h3,5-6,9H,4,7-8,10,19H2,1-2H3;1H. The van der Waals surface area contributed by atoms with Gasteiger partial charge in [0.25, 0.3) is 5.89 Å². The number of hydrogen-bond donors (Lipinski definition) is 1. The minimum absolute atomic E-state index is 0. The molecule has 0 radical (unpaired) electrons. The lowest BCUT2D eigenvalue weighted by Gasteiger charge is -2.34. The molecule has 0 unspecified atom stereocenters. The molecule has 0 bridgehead atoms. The Hall–Kier alpha value is -2.38. The fourth-order valence-electron chi connectivity index (χ4n) is 2.91. The third-order valence-corrected chi connectivity index (χ3v) is 4.76. The molecule has 1 aliphatic rings. The number of hydrogen-bond acceptors (Lipinski definition) is 7. The monoisotopic (exact) mass is 376 g/mol. The van der Waals surface area contributed by atoms with E-state index in [0.717, 1.165) is 41.8 Å². The van der Waals surface area contributed by atoms with Gasteiger partial charge in [-0.1, -0.05) is 16.4 Å². The van der Waals surface area contributed by atoms with Crippen LogP contribution in [0.2, 0.25) is 0 Å². The third kappa shape index (κ3) is 3.32. The lowest BCUT2D eigenvalue weighted by Crippen LogP contribution is -2.44. The summed E-state index contributed by atoms with van der Waals surface area (Å²) in [5.41, 5.74) is 8.42. The Bertz CT molecular complexity index is 882. The van der Waals surface area contributed by atoms with E-state index in [1.807, 2.05) is 38.1 Å². The molecule has 0 aliphatic heterocycles. The maximum atomic E-state index is 6.25. The van der Waals surface area contributed by atoms with Crippen molar-refractivity contribution in [2.75, 3.05) is 0 Å². The summed E-state index contributed by atoms with van der Waals surface area (Å²) in [7, 11) is 0. The zero-order valence-corrected chi connectivity index (χ0v) is 15.5. The molecule has 0 atom stereocenters. The highest BCUT2D eigenvalue weighted by molar-refractivity contribution is 5.85. The Morgan fingerprint density at radius 3 is 2.65 bits per heavy atom. The fraction of sp³-hybridized carbons (Fsp3) is 0.389. The van der Waals surface area contributed by atoms with Gasteiger partial charge in [0.15, 0.2) is 5.82 Å². The number of aromatic nitrogens is 3. The Labute approximate surface area is 157 Å². The molecular formula is C18H21ClN4O3. The summed E-state index contributed by atoms with van der Waals surface area (Å²) in [4.78, 5) is 4.47. The van der Waals surface area contributed by atoms with E-state index in [0.29, 0.717) is 24.1 Å². The molecule has 26 heavy (non-hydrogen) atoms. The summed E-state index contributed by atoms with van der Waals surface area (Å²) in [6, 6.07) is 7.56. The summed E-state index contributed by atoms with van der Waals surface area (Å²) < 4.78 is 16.4. The van der Waals surface area contributed by atoms with Crippen molar-refractivity contribution in [3.8, 4) is 17.2 Å². The van der Waals surface area contributed by atoms with Crippen LogP contribution in [0.1, 0.15) is 42.1 Å². The average molecular weight is 377 g/mol. The lowest BCUT2D eigenvalue weighted by atomic mass is 9.77. The third-order valence-electron chi connectivity index (χ3n) is 4.76. The molecule has 1 saturated carbocycles. The number of nitrogens with two attached hydrogens (primary N) is 1. The van der Waals surface area contributed by atoms with Gasteiger partial charge in [-0.2, -0.15) is 4.98 Å². The summed E-state index contributed by atoms with van der Waals surface area (Å²) in [5.74, 6) is 2.51. The molecule has 7 nitrogen and oxygen atoms in total. The second-order valence-corrected chi connectivity index (χ2v) is 6.55. The summed E-state index contributed by atoms with van der Waals surface area (Å²) >= 11 is 0. The van der Waals surface area contributed by atoms with Crippen LogP contribution in [0.3, 0.4) is 0 Å². The van der Waals surface area contributed by atoms with Gasteiger partial charge in [0.05, 0.1) is 16.8 Å². The van der Waals surface area contributed by atoms with E-state index in [1.165, 1.54) is 0 Å². The van der Waals surface area contributed by atoms with E-state index in [-0.39, 0.29) is 12.4 Å². The number of aryl methyl sites for hydroxylation is 2. The molecule has 0 amide bonds. The molecule has 2 heterocycles. The van der Waals surface area contributed by atoms with Crippen LogP contribution in [-0.2, 0) is 12.1 Å². The van der Waals surface area contributed by atoms with Crippen LogP contribution in [0.5, 0.6) is 5.75 Å². The van der Waals surface area contributed by atoms with Gasteiger partial charge in [0.1, 0.15) is 18.1 Å². The molecule has 1 aliphatic carbocycles. The highest BCUT2D eigenvalue weighted by atomic mass is 35.5. The zero-order chi connectivity index (χ0) is 17.4. The minimum Gasteiger partial charge on any atom is -0.489 e. The summed E-state index contributed by atoms with van der Waals surface area (Å²) in [6.07, 6.45) is 2.89. The summed E-state index contributed by atoms with van der Waals surface area (Å²) in [5, 5.41) is 7.99. The van der Waals surface area contributed by atoms with E-state index in [2.05, 4.69) is 15.3 Å². The maximum Gasteiger partial charge on any atom is 0.258 e. The van der Waals surface area contributed by atoms with Crippen LogP contribution in [0.25, 0.3) is 11.5 Å². The maximum absolute atomic E-state index is 6.25. The van der Waals surface area contributed by atoms with Crippen molar-refractivity contribution < 1.29 is 13.8 Å². The van der Waals surface area contributed by atoms with Gasteiger partial charge in [-0.15, -0.1) is 12.4 Å². The molecule has 2 N–H and O–H groups in total. The highest BCUT2D eigenvalue weighted by Gasteiger charge is 2.39. The van der Waals surface area contributed by atoms with Crippen molar-refractivity contribution in [3.05, 3.63) is 47.1 Å². The van der Waals surface area contributed by atoms with Crippen molar-refractivity contribution in [1.82, 2.24) is 15.3 Å². The fourth-order valence-corrected chi connectivity index (χ4v) is 2.91. The molecule has 0 saturated heterocycles. The quantitative estimate of drug-likeness (QED) is 0.724. The average Bonchev–Trinajstić information content (AvgIpc) is 3.19. The second kappa shape index (κ2) is 7.09. The SMILES string of the molecule is Cc1noc(C)c1COc1cccc(-c2nc(C3(N)CCC3)no2)c1.Cl. The molecule has 1 fully saturated rings. The van der Waals surface area contributed by atoms with E-state index in [4.69, 9.17) is 19.5 Å². The van der Waals surface area contributed by atoms with Gasteiger partial charge in [-0.05, 0) is 51.3 Å². The van der Waals surface area contributed by atoms with Gasteiger partial charge < -0.3 is 19.5 Å². The lowest BCUT2D eigenvalue weighted by molar-refractivity contribution is 0.229. The second-order valence-electron chi connectivity index (χ2n) is 6.55. The number of halogens is 1. The topological polar surface area (TPSA) is 100 Å². The van der Waals surface area contributed by atoms with Crippen LogP contribution in [0.4, 0.5) is 0 Å². The van der Waals surface area contributed by atoms with Crippen LogP contribution in [0, 0.1) is 13.8 Å². The van der Waals surface area contributed by atoms with Gasteiger partial charge >= 0.3 is 0 Å². The molecule has 2 aromatic heterocycles. The Balaban J connectivity index is 0.00000196.